The highest BCUT2D eigenvalue weighted by Gasteiger charge is 2.80. The zero-order valence-corrected chi connectivity index (χ0v) is 22.1. The fourth-order valence-corrected chi connectivity index (χ4v) is 6.91. The van der Waals surface area contributed by atoms with Crippen LogP contribution in [0.2, 0.25) is 0 Å². The van der Waals surface area contributed by atoms with Gasteiger partial charge in [-0.15, -0.1) is 0 Å². The summed E-state index contributed by atoms with van der Waals surface area (Å²) < 4.78 is 6.72. The number of hydrogen-bond donors (Lipinski definition) is 3. The van der Waals surface area contributed by atoms with Crippen LogP contribution in [0.25, 0.3) is 0 Å². The highest BCUT2D eigenvalue weighted by molar-refractivity contribution is 5.99. The molecular weight excluding hydrogens is 458 g/mol. The van der Waals surface area contributed by atoms with Gasteiger partial charge < -0.3 is 25.4 Å². The normalized spacial score (nSPS) is 34.4. The van der Waals surface area contributed by atoms with Crippen molar-refractivity contribution in [2.24, 2.45) is 17.8 Å². The minimum Gasteiger partial charge on any atom is -0.394 e. The molecule has 1 aromatic rings. The van der Waals surface area contributed by atoms with Crippen molar-refractivity contribution in [1.29, 1.82) is 0 Å². The van der Waals surface area contributed by atoms with E-state index in [1.807, 2.05) is 58.0 Å². The van der Waals surface area contributed by atoms with Crippen LogP contribution in [0.3, 0.4) is 0 Å². The van der Waals surface area contributed by atoms with Crippen molar-refractivity contribution < 1.29 is 24.2 Å². The van der Waals surface area contributed by atoms with Crippen molar-refractivity contribution in [2.75, 3.05) is 6.61 Å². The van der Waals surface area contributed by atoms with Gasteiger partial charge in [0.15, 0.2) is 0 Å². The van der Waals surface area contributed by atoms with E-state index in [1.165, 1.54) is 4.90 Å². The Kier molecular flexibility index (Phi) is 7.49. The molecule has 4 rings (SSSR count). The minimum atomic E-state index is -1.10. The molecule has 36 heavy (non-hydrogen) atoms. The average Bonchev–Trinajstić information content (AvgIpc) is 3.36. The third-order valence-corrected chi connectivity index (χ3v) is 8.78. The molecule has 2 bridgehead atoms. The molecule has 3 N–H and O–H groups in total. The number of aliphatic hydroxyl groups is 1. The summed E-state index contributed by atoms with van der Waals surface area (Å²) in [4.78, 5) is 43.1. The highest BCUT2D eigenvalue weighted by Crippen LogP contribution is 2.65. The molecule has 8 heteroatoms. The van der Waals surface area contributed by atoms with Gasteiger partial charge in [-0.2, -0.15) is 0 Å². The monoisotopic (exact) mass is 499 g/mol. The number of nitrogens with zero attached hydrogens (tertiary/aromatic N) is 1. The molecule has 8 atom stereocenters. The molecule has 3 heterocycles. The van der Waals surface area contributed by atoms with Gasteiger partial charge in [-0.1, -0.05) is 57.5 Å². The quantitative estimate of drug-likeness (QED) is 0.458. The van der Waals surface area contributed by atoms with Crippen molar-refractivity contribution in [3.8, 4) is 0 Å². The second kappa shape index (κ2) is 10.1. The second-order valence-electron chi connectivity index (χ2n) is 11.1. The number of fused-ring (bicyclic) bond motifs is 1. The van der Waals surface area contributed by atoms with Crippen molar-refractivity contribution >= 4 is 17.7 Å². The zero-order chi connectivity index (χ0) is 26.3. The predicted octanol–water partition coefficient (Wildman–Crippen LogP) is 2.39. The molecular formula is C28H41N3O5. The van der Waals surface area contributed by atoms with Gasteiger partial charge in [0.05, 0.1) is 30.1 Å². The molecule has 0 saturated carbocycles. The van der Waals surface area contributed by atoms with E-state index in [2.05, 4.69) is 17.6 Å². The Morgan fingerprint density at radius 2 is 1.92 bits per heavy atom. The van der Waals surface area contributed by atoms with E-state index < -0.39 is 35.1 Å². The third-order valence-electron chi connectivity index (χ3n) is 8.78. The van der Waals surface area contributed by atoms with Crippen LogP contribution in [0, 0.1) is 17.8 Å². The molecule has 8 nitrogen and oxygen atoms in total. The number of amides is 3. The number of likely N-dealkylation sites (tertiary alicyclic amines) is 1. The van der Waals surface area contributed by atoms with E-state index in [0.717, 1.165) is 18.4 Å². The van der Waals surface area contributed by atoms with E-state index in [9.17, 15) is 19.5 Å². The van der Waals surface area contributed by atoms with E-state index >= 15 is 0 Å². The first-order valence-corrected chi connectivity index (χ1v) is 13.4. The van der Waals surface area contributed by atoms with Crippen LogP contribution in [-0.2, 0) is 25.7 Å². The summed E-state index contributed by atoms with van der Waals surface area (Å²) in [5.41, 5.74) is -0.990. The first-order chi connectivity index (χ1) is 17.1. The van der Waals surface area contributed by atoms with Crippen LogP contribution in [-0.4, -0.2) is 63.7 Å². The molecule has 3 aliphatic heterocycles. The van der Waals surface area contributed by atoms with E-state index in [1.54, 1.807) is 0 Å². The van der Waals surface area contributed by atoms with Gasteiger partial charge in [-0.05, 0) is 44.6 Å². The lowest BCUT2D eigenvalue weighted by Crippen LogP contribution is -2.59. The number of aliphatic hydroxyl groups excluding tert-OH is 1. The smallest absolute Gasteiger partial charge is 0.246 e. The zero-order valence-electron chi connectivity index (χ0n) is 22.1. The summed E-state index contributed by atoms with van der Waals surface area (Å²) in [5, 5.41) is 16.3. The Morgan fingerprint density at radius 3 is 2.53 bits per heavy atom. The van der Waals surface area contributed by atoms with Gasteiger partial charge in [-0.3, -0.25) is 14.4 Å². The molecule has 0 aliphatic carbocycles. The number of carbonyl (C=O) groups is 3. The van der Waals surface area contributed by atoms with Crippen molar-refractivity contribution in [2.45, 2.75) is 96.2 Å². The summed E-state index contributed by atoms with van der Waals surface area (Å²) in [5.74, 6) is -2.28. The second-order valence-corrected chi connectivity index (χ2v) is 11.1. The van der Waals surface area contributed by atoms with Gasteiger partial charge in [0, 0.05) is 12.6 Å². The van der Waals surface area contributed by atoms with Crippen LogP contribution in [0.1, 0.15) is 65.9 Å². The Bertz CT molecular complexity index is 983. The van der Waals surface area contributed by atoms with Crippen LogP contribution < -0.4 is 10.6 Å². The topological polar surface area (TPSA) is 108 Å². The largest absolute Gasteiger partial charge is 0.394 e. The molecule has 1 aromatic carbocycles. The average molecular weight is 500 g/mol. The van der Waals surface area contributed by atoms with Crippen LogP contribution in [0.5, 0.6) is 0 Å². The summed E-state index contributed by atoms with van der Waals surface area (Å²) in [6.07, 6.45) is 2.75. The molecule has 198 valence electrons. The van der Waals surface area contributed by atoms with Crippen molar-refractivity contribution in [1.82, 2.24) is 15.5 Å². The molecule has 3 saturated heterocycles. The number of benzene rings is 1. The summed E-state index contributed by atoms with van der Waals surface area (Å²) >= 11 is 0. The molecule has 3 fully saturated rings. The Hall–Kier alpha value is -2.45. The third kappa shape index (κ3) is 4.12. The van der Waals surface area contributed by atoms with Gasteiger partial charge >= 0.3 is 0 Å². The summed E-state index contributed by atoms with van der Waals surface area (Å²) in [7, 11) is 0. The van der Waals surface area contributed by atoms with Crippen LogP contribution in [0.15, 0.2) is 30.3 Å². The Balaban J connectivity index is 1.70. The Morgan fingerprint density at radius 1 is 1.22 bits per heavy atom. The van der Waals surface area contributed by atoms with Crippen molar-refractivity contribution in [3.05, 3.63) is 35.9 Å². The maximum Gasteiger partial charge on any atom is 0.246 e. The number of carbonyl (C=O) groups excluding carboxylic acids is 3. The fraction of sp³-hybridized carbons (Fsp3) is 0.679. The van der Waals surface area contributed by atoms with Gasteiger partial charge in [0.2, 0.25) is 17.7 Å². The SMILES string of the molecule is CCCC(C)NC(=O)C1N([C@@H](CC)CO)C(=O)[C@@H]2[C@H](C(=O)NCc3ccccc3)[C@@]3(C)OC12CC3C. The molecule has 0 aromatic heterocycles. The first-order valence-electron chi connectivity index (χ1n) is 13.4. The lowest BCUT2D eigenvalue weighted by molar-refractivity contribution is -0.151. The lowest BCUT2D eigenvalue weighted by Gasteiger charge is -2.37. The van der Waals surface area contributed by atoms with Crippen molar-refractivity contribution in [3.63, 3.8) is 0 Å². The first kappa shape index (κ1) is 26.6. The van der Waals surface area contributed by atoms with Gasteiger partial charge in [-0.25, -0.2) is 0 Å². The minimum absolute atomic E-state index is 0.0217. The Labute approximate surface area is 214 Å². The van der Waals surface area contributed by atoms with E-state index in [0.29, 0.717) is 19.4 Å². The standard InChI is InChI=1S/C28H41N3O5/c1-6-11-18(4)30-25(34)23-28-14-17(3)27(5,36-28)21(22(28)26(35)31(23)20(7-2)16-32)24(33)29-15-19-12-9-8-10-13-19/h8-10,12-13,17-18,20-23,32H,6-7,11,14-16H2,1-5H3,(H,29,33)(H,30,34)/t17?,18?,20-,21+,22-,23?,27-,28?/m0/s1. The number of hydrogen-bond acceptors (Lipinski definition) is 5. The fourth-order valence-electron chi connectivity index (χ4n) is 6.91. The maximum absolute atomic E-state index is 14.1. The molecule has 3 amide bonds. The molecule has 4 unspecified atom stereocenters. The van der Waals surface area contributed by atoms with E-state index in [-0.39, 0.29) is 36.3 Å². The molecule has 0 radical (unpaired) electrons. The lowest BCUT2D eigenvalue weighted by atomic mass is 9.62. The maximum atomic E-state index is 14.1. The highest BCUT2D eigenvalue weighted by atomic mass is 16.5. The van der Waals surface area contributed by atoms with Gasteiger partial charge in [0.1, 0.15) is 11.6 Å². The summed E-state index contributed by atoms with van der Waals surface area (Å²) in [6, 6.07) is 8.18. The number of ether oxygens (including phenoxy) is 1. The predicted molar refractivity (Wildman–Crippen MR) is 136 cm³/mol. The van der Waals surface area contributed by atoms with Crippen LogP contribution in [0.4, 0.5) is 0 Å². The summed E-state index contributed by atoms with van der Waals surface area (Å²) in [6.45, 7) is 9.95. The van der Waals surface area contributed by atoms with Gasteiger partial charge in [0.25, 0.3) is 0 Å². The number of nitrogens with one attached hydrogen (secondary N) is 2. The number of rotatable bonds is 10. The van der Waals surface area contributed by atoms with Crippen LogP contribution >= 0.6 is 0 Å². The molecule has 3 aliphatic rings. The van der Waals surface area contributed by atoms with E-state index in [4.69, 9.17) is 4.74 Å². The molecule has 1 spiro atoms.